The number of likely N-dealkylation sites (tertiary alicyclic amines) is 1. The molecule has 2 aliphatic rings. The molecule has 0 bridgehead atoms. The molecule has 0 spiro atoms. The van der Waals surface area contributed by atoms with Crippen LogP contribution in [0.2, 0.25) is 0 Å². The highest BCUT2D eigenvalue weighted by atomic mass is 19.1. The second-order valence-corrected chi connectivity index (χ2v) is 4.65. The van der Waals surface area contributed by atoms with Gasteiger partial charge in [0.15, 0.2) is 0 Å². The number of aliphatic hydroxyl groups is 1. The van der Waals surface area contributed by atoms with Crippen molar-refractivity contribution in [1.82, 2.24) is 4.90 Å². The van der Waals surface area contributed by atoms with Gasteiger partial charge >= 0.3 is 0 Å². The van der Waals surface area contributed by atoms with Gasteiger partial charge in [-0.15, -0.1) is 0 Å². The topological polar surface area (TPSA) is 23.5 Å². The molecule has 0 aromatic rings. The average molecular weight is 201 g/mol. The van der Waals surface area contributed by atoms with Crippen LogP contribution in [-0.2, 0) is 0 Å². The highest BCUT2D eigenvalue weighted by Gasteiger charge is 2.31. The fraction of sp³-hybridized carbons (Fsp3) is 1.00. The molecule has 1 N–H and O–H groups in total. The van der Waals surface area contributed by atoms with Crippen LogP contribution in [-0.4, -0.2) is 41.4 Å². The van der Waals surface area contributed by atoms with Crippen molar-refractivity contribution in [3.63, 3.8) is 0 Å². The smallest absolute Gasteiger partial charge is 0.113 e. The van der Waals surface area contributed by atoms with E-state index in [4.69, 9.17) is 0 Å². The quantitative estimate of drug-likeness (QED) is 0.698. The first-order valence-electron chi connectivity index (χ1n) is 5.83. The van der Waals surface area contributed by atoms with Crippen molar-refractivity contribution in [3.05, 3.63) is 0 Å². The monoisotopic (exact) mass is 201 g/mol. The van der Waals surface area contributed by atoms with E-state index in [2.05, 4.69) is 4.90 Å². The summed E-state index contributed by atoms with van der Waals surface area (Å²) in [6.45, 7) is 1.52. The largest absolute Gasteiger partial charge is 0.391 e. The summed E-state index contributed by atoms with van der Waals surface area (Å²) in [4.78, 5) is 2.16. The SMILES string of the molecule is OC1CCCCC1N1CCCC(F)C1. The second kappa shape index (κ2) is 4.58. The Bertz CT molecular complexity index is 188. The van der Waals surface area contributed by atoms with Crippen molar-refractivity contribution in [2.45, 2.75) is 56.8 Å². The highest BCUT2D eigenvalue weighted by molar-refractivity contribution is 4.86. The second-order valence-electron chi connectivity index (χ2n) is 4.65. The number of hydrogen-bond donors (Lipinski definition) is 1. The van der Waals surface area contributed by atoms with Crippen LogP contribution < -0.4 is 0 Å². The molecule has 14 heavy (non-hydrogen) atoms. The lowest BCUT2D eigenvalue weighted by Gasteiger charge is -2.40. The normalized spacial score (nSPS) is 41.1. The van der Waals surface area contributed by atoms with Crippen molar-refractivity contribution in [2.24, 2.45) is 0 Å². The number of alkyl halides is 1. The van der Waals surface area contributed by atoms with Gasteiger partial charge in [0.05, 0.1) is 6.10 Å². The molecule has 2 rings (SSSR count). The molecular formula is C11H20FNO. The fourth-order valence-corrected chi connectivity index (χ4v) is 2.77. The van der Waals surface area contributed by atoms with Crippen molar-refractivity contribution in [1.29, 1.82) is 0 Å². The predicted molar refractivity (Wildman–Crippen MR) is 54.0 cm³/mol. The molecular weight excluding hydrogens is 181 g/mol. The lowest BCUT2D eigenvalue weighted by Crippen LogP contribution is -2.50. The van der Waals surface area contributed by atoms with Gasteiger partial charge in [-0.3, -0.25) is 4.90 Å². The average Bonchev–Trinajstić information content (AvgIpc) is 2.18. The van der Waals surface area contributed by atoms with Gasteiger partial charge in [0.2, 0.25) is 0 Å². The first kappa shape index (κ1) is 10.4. The van der Waals surface area contributed by atoms with Crippen LogP contribution in [0.3, 0.4) is 0 Å². The van der Waals surface area contributed by atoms with Gasteiger partial charge in [0.1, 0.15) is 6.17 Å². The molecule has 0 amide bonds. The summed E-state index contributed by atoms with van der Waals surface area (Å²) in [5.74, 6) is 0. The molecule has 0 aromatic carbocycles. The third-order valence-electron chi connectivity index (χ3n) is 3.56. The Morgan fingerprint density at radius 1 is 1.07 bits per heavy atom. The van der Waals surface area contributed by atoms with E-state index < -0.39 is 6.17 Å². The molecule has 82 valence electrons. The molecule has 1 saturated carbocycles. The molecule has 3 atom stereocenters. The lowest BCUT2D eigenvalue weighted by atomic mass is 9.90. The minimum Gasteiger partial charge on any atom is -0.391 e. The minimum absolute atomic E-state index is 0.214. The Hall–Kier alpha value is -0.150. The molecule has 1 heterocycles. The zero-order valence-electron chi connectivity index (χ0n) is 8.66. The van der Waals surface area contributed by atoms with E-state index in [1.165, 1.54) is 6.42 Å². The third-order valence-corrected chi connectivity index (χ3v) is 3.56. The van der Waals surface area contributed by atoms with Crippen molar-refractivity contribution in [3.8, 4) is 0 Å². The maximum absolute atomic E-state index is 13.2. The van der Waals surface area contributed by atoms with Crippen LogP contribution in [0.25, 0.3) is 0 Å². The summed E-state index contributed by atoms with van der Waals surface area (Å²) >= 11 is 0. The van der Waals surface area contributed by atoms with E-state index in [1.54, 1.807) is 0 Å². The molecule has 0 aromatic heterocycles. The van der Waals surface area contributed by atoms with Crippen molar-refractivity contribution >= 4 is 0 Å². The van der Waals surface area contributed by atoms with E-state index in [0.29, 0.717) is 13.0 Å². The predicted octanol–water partition coefficient (Wildman–Crippen LogP) is 1.72. The van der Waals surface area contributed by atoms with Crippen LogP contribution in [0.15, 0.2) is 0 Å². The van der Waals surface area contributed by atoms with Gasteiger partial charge in [-0.2, -0.15) is 0 Å². The number of piperidine rings is 1. The summed E-state index contributed by atoms with van der Waals surface area (Å²) < 4.78 is 13.2. The molecule has 0 radical (unpaired) electrons. The third kappa shape index (κ3) is 2.26. The Morgan fingerprint density at radius 2 is 1.86 bits per heavy atom. The van der Waals surface area contributed by atoms with Gasteiger partial charge in [0.25, 0.3) is 0 Å². The lowest BCUT2D eigenvalue weighted by molar-refractivity contribution is -0.00457. The van der Waals surface area contributed by atoms with E-state index in [1.807, 2.05) is 0 Å². The van der Waals surface area contributed by atoms with Gasteiger partial charge in [-0.05, 0) is 32.2 Å². The Labute approximate surface area is 85.1 Å². The summed E-state index contributed by atoms with van der Waals surface area (Å²) in [5.41, 5.74) is 0. The van der Waals surface area contributed by atoms with E-state index in [-0.39, 0.29) is 12.1 Å². The molecule has 2 nitrogen and oxygen atoms in total. The first-order chi connectivity index (χ1) is 6.77. The summed E-state index contributed by atoms with van der Waals surface area (Å²) in [7, 11) is 0. The Morgan fingerprint density at radius 3 is 2.57 bits per heavy atom. The van der Waals surface area contributed by atoms with Gasteiger partial charge in [-0.1, -0.05) is 12.8 Å². The Kier molecular flexibility index (Phi) is 3.39. The molecule has 3 heteroatoms. The van der Waals surface area contributed by atoms with Crippen LogP contribution >= 0.6 is 0 Å². The highest BCUT2D eigenvalue weighted by Crippen LogP contribution is 2.26. The van der Waals surface area contributed by atoms with Gasteiger partial charge in [0, 0.05) is 12.6 Å². The minimum atomic E-state index is -0.669. The zero-order valence-corrected chi connectivity index (χ0v) is 8.66. The summed E-state index contributed by atoms with van der Waals surface area (Å²) in [6, 6.07) is 0.238. The molecule has 3 unspecified atom stereocenters. The number of halogens is 1. The molecule has 1 aliphatic heterocycles. The maximum Gasteiger partial charge on any atom is 0.113 e. The van der Waals surface area contributed by atoms with Crippen molar-refractivity contribution in [2.75, 3.05) is 13.1 Å². The zero-order chi connectivity index (χ0) is 9.97. The summed E-state index contributed by atoms with van der Waals surface area (Å²) in [5, 5.41) is 9.84. The number of aliphatic hydroxyl groups excluding tert-OH is 1. The van der Waals surface area contributed by atoms with E-state index >= 15 is 0 Å². The van der Waals surface area contributed by atoms with Crippen LogP contribution in [0.1, 0.15) is 38.5 Å². The first-order valence-corrected chi connectivity index (χ1v) is 5.83. The maximum atomic E-state index is 13.2. The number of rotatable bonds is 1. The van der Waals surface area contributed by atoms with Crippen molar-refractivity contribution < 1.29 is 9.50 Å². The fourth-order valence-electron chi connectivity index (χ4n) is 2.77. The van der Waals surface area contributed by atoms with Crippen LogP contribution in [0.4, 0.5) is 4.39 Å². The molecule has 2 fully saturated rings. The molecule has 1 aliphatic carbocycles. The number of nitrogens with zero attached hydrogens (tertiary/aromatic N) is 1. The summed E-state index contributed by atoms with van der Waals surface area (Å²) in [6.07, 6.45) is 5.04. The van der Waals surface area contributed by atoms with E-state index in [9.17, 15) is 9.50 Å². The van der Waals surface area contributed by atoms with Gasteiger partial charge in [-0.25, -0.2) is 4.39 Å². The standard InChI is InChI=1S/C11H20FNO/c12-9-4-3-7-13(8-9)10-5-1-2-6-11(10)14/h9-11,14H,1-8H2. The number of hydrogen-bond acceptors (Lipinski definition) is 2. The molecule has 1 saturated heterocycles. The van der Waals surface area contributed by atoms with Crippen LogP contribution in [0, 0.1) is 0 Å². The van der Waals surface area contributed by atoms with Crippen LogP contribution in [0.5, 0.6) is 0 Å². The van der Waals surface area contributed by atoms with Gasteiger partial charge < -0.3 is 5.11 Å². The Balaban J connectivity index is 1.91. The van der Waals surface area contributed by atoms with E-state index in [0.717, 1.165) is 32.2 Å².